The Bertz CT molecular complexity index is 1250. The highest BCUT2D eigenvalue weighted by Crippen LogP contribution is 2.17. The number of fused-ring (bicyclic) bond motifs is 1. The molecule has 0 aliphatic carbocycles. The molecule has 0 unspecified atom stereocenters. The number of carbonyl (C=O) groups excluding carboxylic acids is 1. The summed E-state index contributed by atoms with van der Waals surface area (Å²) in [5.74, 6) is -0.302. The minimum atomic E-state index is -0.328. The smallest absolute Gasteiger partial charge is 0.264 e. The van der Waals surface area contributed by atoms with Gasteiger partial charge in [0.2, 0.25) is 5.91 Å². The van der Waals surface area contributed by atoms with Crippen LogP contribution in [0.1, 0.15) is 11.1 Å². The number of rotatable bonds is 4. The van der Waals surface area contributed by atoms with Crippen molar-refractivity contribution in [3.8, 4) is 5.69 Å². The predicted molar refractivity (Wildman–Crippen MR) is 113 cm³/mol. The fourth-order valence-corrected chi connectivity index (χ4v) is 3.36. The molecule has 4 rings (SSSR count). The molecule has 8 heteroatoms. The van der Waals surface area contributed by atoms with Gasteiger partial charge in [0.15, 0.2) is 5.65 Å². The van der Waals surface area contributed by atoms with E-state index in [1.807, 2.05) is 32.0 Å². The summed E-state index contributed by atoms with van der Waals surface area (Å²) in [6, 6.07) is 12.8. The normalized spacial score (nSPS) is 11.0. The van der Waals surface area contributed by atoms with Crippen molar-refractivity contribution in [2.45, 2.75) is 20.4 Å². The van der Waals surface area contributed by atoms with E-state index in [-0.39, 0.29) is 18.0 Å². The predicted octanol–water partition coefficient (Wildman–Crippen LogP) is 3.49. The second-order valence-corrected chi connectivity index (χ2v) is 7.31. The maximum absolute atomic E-state index is 12.8. The van der Waals surface area contributed by atoms with E-state index in [9.17, 15) is 9.59 Å². The second kappa shape index (κ2) is 7.52. The van der Waals surface area contributed by atoms with E-state index < -0.39 is 0 Å². The van der Waals surface area contributed by atoms with Crippen LogP contribution in [-0.4, -0.2) is 25.2 Å². The molecule has 1 amide bonds. The molecule has 2 heterocycles. The molecule has 0 spiro atoms. The quantitative estimate of drug-likeness (QED) is 0.561. The largest absolute Gasteiger partial charge is 0.325 e. The van der Waals surface area contributed by atoms with Crippen LogP contribution in [-0.2, 0) is 11.3 Å². The lowest BCUT2D eigenvalue weighted by Crippen LogP contribution is -2.27. The van der Waals surface area contributed by atoms with Crippen molar-refractivity contribution in [1.29, 1.82) is 0 Å². The molecule has 0 radical (unpaired) electrons. The lowest BCUT2D eigenvalue weighted by Gasteiger charge is -2.09. The van der Waals surface area contributed by atoms with Crippen molar-refractivity contribution >= 4 is 34.2 Å². The minimum Gasteiger partial charge on any atom is -0.325 e. The molecule has 146 valence electrons. The van der Waals surface area contributed by atoms with Gasteiger partial charge < -0.3 is 5.32 Å². The molecule has 0 aliphatic heterocycles. The number of anilines is 1. The number of aryl methyl sites for hydroxylation is 2. The van der Waals surface area contributed by atoms with Crippen LogP contribution in [0.4, 0.5) is 5.69 Å². The average molecular weight is 408 g/mol. The molecule has 0 fully saturated rings. The van der Waals surface area contributed by atoms with Crippen LogP contribution in [0.5, 0.6) is 0 Å². The number of nitrogens with one attached hydrogen (secondary N) is 1. The Balaban J connectivity index is 1.60. The van der Waals surface area contributed by atoms with Gasteiger partial charge in [-0.1, -0.05) is 17.7 Å². The van der Waals surface area contributed by atoms with Gasteiger partial charge in [0.05, 0.1) is 11.9 Å². The third-order valence-corrected chi connectivity index (χ3v) is 4.70. The van der Waals surface area contributed by atoms with Crippen molar-refractivity contribution in [3.63, 3.8) is 0 Å². The van der Waals surface area contributed by atoms with Gasteiger partial charge in [-0.15, -0.1) is 0 Å². The lowest BCUT2D eigenvalue weighted by molar-refractivity contribution is -0.116. The Morgan fingerprint density at radius 1 is 1.10 bits per heavy atom. The number of halogens is 1. The number of nitrogens with zero attached hydrogens (tertiary/aromatic N) is 4. The van der Waals surface area contributed by atoms with Crippen molar-refractivity contribution < 1.29 is 4.79 Å². The van der Waals surface area contributed by atoms with E-state index in [1.54, 1.807) is 28.9 Å². The topological polar surface area (TPSA) is 81.8 Å². The fraction of sp³-hybridized carbons (Fsp3) is 0.143. The van der Waals surface area contributed by atoms with Gasteiger partial charge in [0, 0.05) is 10.7 Å². The first-order valence-electron chi connectivity index (χ1n) is 8.98. The van der Waals surface area contributed by atoms with Crippen molar-refractivity contribution in [2.75, 3.05) is 5.32 Å². The van der Waals surface area contributed by atoms with Gasteiger partial charge in [-0.3, -0.25) is 14.2 Å². The first-order chi connectivity index (χ1) is 13.9. The third-order valence-electron chi connectivity index (χ3n) is 4.45. The maximum atomic E-state index is 12.8. The van der Waals surface area contributed by atoms with Crippen LogP contribution in [0.2, 0.25) is 5.02 Å². The Kier molecular flexibility index (Phi) is 4.90. The minimum absolute atomic E-state index is 0.138. The molecule has 0 bridgehead atoms. The second-order valence-electron chi connectivity index (χ2n) is 6.87. The van der Waals surface area contributed by atoms with Gasteiger partial charge in [-0.2, -0.15) is 5.10 Å². The Morgan fingerprint density at radius 2 is 1.79 bits per heavy atom. The molecule has 0 saturated heterocycles. The fourth-order valence-electron chi connectivity index (χ4n) is 3.23. The van der Waals surface area contributed by atoms with Crippen LogP contribution in [0, 0.1) is 13.8 Å². The number of hydrogen-bond donors (Lipinski definition) is 1. The van der Waals surface area contributed by atoms with E-state index in [0.29, 0.717) is 21.7 Å². The Morgan fingerprint density at radius 3 is 2.48 bits per heavy atom. The SMILES string of the molecule is Cc1cc(C)cc(NC(=O)Cn2cnc3c(cnn3-c3ccc(Cl)cc3)c2=O)c1. The molecule has 0 aliphatic rings. The van der Waals surface area contributed by atoms with Gasteiger partial charge in [0.1, 0.15) is 18.3 Å². The first kappa shape index (κ1) is 18.9. The van der Waals surface area contributed by atoms with E-state index >= 15 is 0 Å². The van der Waals surface area contributed by atoms with Gasteiger partial charge >= 0.3 is 0 Å². The van der Waals surface area contributed by atoms with E-state index in [4.69, 9.17) is 11.6 Å². The molecular formula is C21H18ClN5O2. The summed E-state index contributed by atoms with van der Waals surface area (Å²) in [6.07, 6.45) is 2.82. The van der Waals surface area contributed by atoms with Crippen LogP contribution in [0.3, 0.4) is 0 Å². The van der Waals surface area contributed by atoms with Gasteiger partial charge in [-0.05, 0) is 61.4 Å². The summed E-state index contributed by atoms with van der Waals surface area (Å²) in [7, 11) is 0. The molecule has 4 aromatic rings. The van der Waals surface area contributed by atoms with Crippen LogP contribution in [0.15, 0.2) is 59.8 Å². The summed E-state index contributed by atoms with van der Waals surface area (Å²) in [5, 5.41) is 8.03. The molecule has 29 heavy (non-hydrogen) atoms. The first-order valence-corrected chi connectivity index (χ1v) is 9.36. The summed E-state index contributed by atoms with van der Waals surface area (Å²) in [5.41, 5.74) is 3.63. The molecule has 2 aromatic carbocycles. The van der Waals surface area contributed by atoms with Crippen LogP contribution >= 0.6 is 11.6 Å². The Hall–Kier alpha value is -3.45. The van der Waals surface area contributed by atoms with Crippen molar-refractivity contribution in [2.24, 2.45) is 0 Å². The molecule has 0 atom stereocenters. The average Bonchev–Trinajstić information content (AvgIpc) is 3.08. The van der Waals surface area contributed by atoms with Gasteiger partial charge in [0.25, 0.3) is 5.56 Å². The maximum Gasteiger partial charge on any atom is 0.264 e. The highest BCUT2D eigenvalue weighted by molar-refractivity contribution is 6.30. The zero-order chi connectivity index (χ0) is 20.5. The number of carbonyl (C=O) groups is 1. The number of amides is 1. The molecule has 1 N–H and O–H groups in total. The highest BCUT2D eigenvalue weighted by Gasteiger charge is 2.13. The number of hydrogen-bond acceptors (Lipinski definition) is 4. The van der Waals surface area contributed by atoms with E-state index in [2.05, 4.69) is 15.4 Å². The van der Waals surface area contributed by atoms with Gasteiger partial charge in [-0.25, -0.2) is 9.67 Å². The number of aromatic nitrogens is 4. The molecule has 2 aromatic heterocycles. The molecule has 7 nitrogen and oxygen atoms in total. The standard InChI is InChI=1S/C21H18ClN5O2/c1-13-7-14(2)9-16(8-13)25-19(28)11-26-12-23-20-18(21(26)29)10-24-27(20)17-5-3-15(22)4-6-17/h3-10,12H,11H2,1-2H3,(H,25,28). The van der Waals surface area contributed by atoms with Crippen LogP contribution in [0.25, 0.3) is 16.7 Å². The Labute approximate surface area is 171 Å². The van der Waals surface area contributed by atoms with E-state index in [0.717, 1.165) is 16.8 Å². The highest BCUT2D eigenvalue weighted by atomic mass is 35.5. The van der Waals surface area contributed by atoms with Crippen molar-refractivity contribution in [1.82, 2.24) is 19.3 Å². The van der Waals surface area contributed by atoms with Crippen molar-refractivity contribution in [3.05, 3.63) is 81.5 Å². The monoisotopic (exact) mass is 407 g/mol. The lowest BCUT2D eigenvalue weighted by atomic mass is 10.1. The molecular weight excluding hydrogens is 390 g/mol. The summed E-state index contributed by atoms with van der Waals surface area (Å²) in [6.45, 7) is 3.79. The zero-order valence-electron chi connectivity index (χ0n) is 15.9. The summed E-state index contributed by atoms with van der Waals surface area (Å²) in [4.78, 5) is 29.6. The summed E-state index contributed by atoms with van der Waals surface area (Å²) >= 11 is 5.92. The summed E-state index contributed by atoms with van der Waals surface area (Å²) < 4.78 is 2.83. The van der Waals surface area contributed by atoms with E-state index in [1.165, 1.54) is 17.1 Å². The van der Waals surface area contributed by atoms with Crippen LogP contribution < -0.4 is 10.9 Å². The third kappa shape index (κ3) is 3.90. The number of benzene rings is 2. The molecule has 0 saturated carbocycles. The zero-order valence-corrected chi connectivity index (χ0v) is 16.6.